The molecule has 1 aliphatic heterocycles. The number of carbonyl (C=O) groups is 1. The van der Waals surface area contributed by atoms with Crippen molar-refractivity contribution in [2.24, 2.45) is 0 Å². The lowest BCUT2D eigenvalue weighted by atomic mass is 10.1. The van der Waals surface area contributed by atoms with Gasteiger partial charge in [-0.25, -0.2) is 0 Å². The number of anilines is 1. The Morgan fingerprint density at radius 3 is 2.65 bits per heavy atom. The Hall–Kier alpha value is -1.14. The highest BCUT2D eigenvalue weighted by atomic mass is 79.9. The van der Waals surface area contributed by atoms with Crippen molar-refractivity contribution in [2.75, 3.05) is 11.4 Å². The first-order chi connectivity index (χ1) is 9.56. The van der Waals surface area contributed by atoms with E-state index in [-0.39, 0.29) is 10.7 Å². The Balaban J connectivity index is 2.06. The van der Waals surface area contributed by atoms with Crippen molar-refractivity contribution < 1.29 is 4.79 Å². The number of alkyl halides is 1. The molecule has 1 unspecified atom stereocenters. The largest absolute Gasteiger partial charge is 0.294 e. The van der Waals surface area contributed by atoms with Gasteiger partial charge in [0, 0.05) is 33.5 Å². The smallest absolute Gasteiger partial charge is 0.229 e. The first-order valence-electron chi connectivity index (χ1n) is 6.31. The Morgan fingerprint density at radius 2 is 2.05 bits per heavy atom. The number of rotatable bonds is 2. The summed E-state index contributed by atoms with van der Waals surface area (Å²) in [5.74, 6) is 0.827. The Morgan fingerprint density at radius 1 is 1.35 bits per heavy atom. The van der Waals surface area contributed by atoms with E-state index in [1.807, 2.05) is 31.2 Å². The van der Waals surface area contributed by atoms with Crippen LogP contribution in [0.1, 0.15) is 12.1 Å². The van der Waals surface area contributed by atoms with E-state index in [1.54, 1.807) is 4.90 Å². The molecular weight excluding hydrogens is 386 g/mol. The summed E-state index contributed by atoms with van der Waals surface area (Å²) in [5.41, 5.74) is 3.01. The van der Waals surface area contributed by atoms with E-state index in [0.29, 0.717) is 13.0 Å². The first kappa shape index (κ1) is 13.8. The zero-order chi connectivity index (χ0) is 14.3. The molecule has 1 atom stereocenters. The molecule has 1 saturated heterocycles. The third-order valence-electron chi connectivity index (χ3n) is 3.39. The van der Waals surface area contributed by atoms with Gasteiger partial charge in [0.05, 0.1) is 0 Å². The summed E-state index contributed by atoms with van der Waals surface area (Å²) in [7, 11) is 0. The number of aryl methyl sites for hydroxylation is 1. The number of aromatic amines is 1. The SMILES string of the molecule is Cc1[nH]nc(N2CC(Br)CC2=O)c1-c1ccc(Br)cc1. The van der Waals surface area contributed by atoms with Crippen LogP contribution in [0.5, 0.6) is 0 Å². The maximum atomic E-state index is 12.1. The second kappa shape index (κ2) is 5.33. The minimum absolute atomic E-state index is 0.108. The second-order valence-electron chi connectivity index (χ2n) is 4.86. The predicted octanol–water partition coefficient (Wildman–Crippen LogP) is 3.65. The van der Waals surface area contributed by atoms with E-state index in [1.165, 1.54) is 0 Å². The van der Waals surface area contributed by atoms with Crippen molar-refractivity contribution in [3.63, 3.8) is 0 Å². The van der Waals surface area contributed by atoms with E-state index in [0.717, 1.165) is 27.1 Å². The molecule has 1 aromatic heterocycles. The standard InChI is InChI=1S/C14H13Br2N3O/c1-8-13(9-2-4-10(15)5-3-9)14(18-17-8)19-7-11(16)6-12(19)20/h2-5,11H,6-7H2,1H3,(H,17,18). The summed E-state index contributed by atoms with van der Waals surface area (Å²) in [4.78, 5) is 14.0. The zero-order valence-electron chi connectivity index (χ0n) is 10.9. The maximum Gasteiger partial charge on any atom is 0.229 e. The first-order valence-corrected chi connectivity index (χ1v) is 8.02. The van der Waals surface area contributed by atoms with E-state index in [4.69, 9.17) is 0 Å². The van der Waals surface area contributed by atoms with Crippen LogP contribution in [-0.4, -0.2) is 27.5 Å². The predicted molar refractivity (Wildman–Crippen MR) is 86.1 cm³/mol. The van der Waals surface area contributed by atoms with Gasteiger partial charge in [-0.1, -0.05) is 44.0 Å². The highest BCUT2D eigenvalue weighted by Gasteiger charge is 2.32. The van der Waals surface area contributed by atoms with Crippen LogP contribution in [0.25, 0.3) is 11.1 Å². The van der Waals surface area contributed by atoms with Crippen molar-refractivity contribution in [2.45, 2.75) is 18.2 Å². The van der Waals surface area contributed by atoms with Gasteiger partial charge in [0.2, 0.25) is 5.91 Å². The number of H-pyrrole nitrogens is 1. The molecule has 0 saturated carbocycles. The quantitative estimate of drug-likeness (QED) is 0.785. The van der Waals surface area contributed by atoms with Crippen LogP contribution in [0.4, 0.5) is 5.82 Å². The molecule has 3 rings (SSSR count). The molecule has 0 bridgehead atoms. The van der Waals surface area contributed by atoms with E-state index >= 15 is 0 Å². The van der Waals surface area contributed by atoms with Gasteiger partial charge in [0.15, 0.2) is 5.82 Å². The summed E-state index contributed by atoms with van der Waals surface area (Å²) in [6.07, 6.45) is 0.520. The normalized spacial score (nSPS) is 18.9. The summed E-state index contributed by atoms with van der Waals surface area (Å²) in [5, 5.41) is 7.32. The lowest BCUT2D eigenvalue weighted by Gasteiger charge is -2.15. The molecular formula is C14H13Br2N3O. The number of nitrogens with zero attached hydrogens (tertiary/aromatic N) is 2. The van der Waals surface area contributed by atoms with Crippen LogP contribution in [0, 0.1) is 6.92 Å². The van der Waals surface area contributed by atoms with Crippen molar-refractivity contribution in [1.29, 1.82) is 0 Å². The van der Waals surface area contributed by atoms with Crippen molar-refractivity contribution in [1.82, 2.24) is 10.2 Å². The third kappa shape index (κ3) is 2.42. The molecule has 104 valence electrons. The van der Waals surface area contributed by atoms with Crippen molar-refractivity contribution in [3.05, 3.63) is 34.4 Å². The van der Waals surface area contributed by atoms with Gasteiger partial charge < -0.3 is 0 Å². The number of carbonyl (C=O) groups excluding carboxylic acids is 1. The van der Waals surface area contributed by atoms with E-state index < -0.39 is 0 Å². The number of hydrogen-bond donors (Lipinski definition) is 1. The number of nitrogens with one attached hydrogen (secondary N) is 1. The maximum absolute atomic E-state index is 12.1. The fourth-order valence-electron chi connectivity index (χ4n) is 2.44. The number of hydrogen-bond acceptors (Lipinski definition) is 2. The number of amides is 1. The molecule has 0 radical (unpaired) electrons. The van der Waals surface area contributed by atoms with Gasteiger partial charge in [0.1, 0.15) is 0 Å². The summed E-state index contributed by atoms with van der Waals surface area (Å²) < 4.78 is 1.03. The van der Waals surface area contributed by atoms with Gasteiger partial charge in [-0.15, -0.1) is 0 Å². The van der Waals surface area contributed by atoms with Crippen LogP contribution in [0.15, 0.2) is 28.7 Å². The Bertz CT molecular complexity index is 651. The summed E-state index contributed by atoms with van der Waals surface area (Å²) in [6, 6.07) is 8.03. The third-order valence-corrected chi connectivity index (χ3v) is 4.54. The Kier molecular flexibility index (Phi) is 3.69. The fourth-order valence-corrected chi connectivity index (χ4v) is 3.27. The fraction of sp³-hybridized carbons (Fsp3) is 0.286. The number of halogens is 2. The monoisotopic (exact) mass is 397 g/mol. The molecule has 1 aliphatic rings. The van der Waals surface area contributed by atoms with E-state index in [9.17, 15) is 4.79 Å². The highest BCUT2D eigenvalue weighted by molar-refractivity contribution is 9.10. The molecule has 20 heavy (non-hydrogen) atoms. The average Bonchev–Trinajstić information content (AvgIpc) is 2.93. The van der Waals surface area contributed by atoms with Gasteiger partial charge in [-0.2, -0.15) is 5.10 Å². The van der Waals surface area contributed by atoms with Gasteiger partial charge >= 0.3 is 0 Å². The lowest BCUT2D eigenvalue weighted by Crippen LogP contribution is -2.25. The van der Waals surface area contributed by atoms with Crippen LogP contribution in [-0.2, 0) is 4.79 Å². The molecule has 2 aromatic rings. The van der Waals surface area contributed by atoms with Crippen LogP contribution in [0.2, 0.25) is 0 Å². The highest BCUT2D eigenvalue weighted by Crippen LogP contribution is 2.35. The minimum atomic E-state index is 0.108. The molecule has 6 heteroatoms. The zero-order valence-corrected chi connectivity index (χ0v) is 14.0. The van der Waals surface area contributed by atoms with Gasteiger partial charge in [-0.05, 0) is 24.6 Å². The summed E-state index contributed by atoms with van der Waals surface area (Å²) in [6.45, 7) is 2.63. The van der Waals surface area contributed by atoms with Crippen molar-refractivity contribution in [3.8, 4) is 11.1 Å². The molecule has 1 N–H and O–H groups in total. The molecule has 4 nitrogen and oxygen atoms in total. The molecule has 2 heterocycles. The van der Waals surface area contributed by atoms with E-state index in [2.05, 4.69) is 42.1 Å². The lowest BCUT2D eigenvalue weighted by molar-refractivity contribution is -0.117. The van der Waals surface area contributed by atoms with Crippen LogP contribution >= 0.6 is 31.9 Å². The molecule has 1 fully saturated rings. The van der Waals surface area contributed by atoms with Crippen LogP contribution < -0.4 is 4.90 Å². The average molecular weight is 399 g/mol. The number of benzene rings is 1. The Labute approximate surface area is 133 Å². The van der Waals surface area contributed by atoms with Crippen LogP contribution in [0.3, 0.4) is 0 Å². The molecule has 1 amide bonds. The van der Waals surface area contributed by atoms with Gasteiger partial charge in [0.25, 0.3) is 0 Å². The van der Waals surface area contributed by atoms with Gasteiger partial charge in [-0.3, -0.25) is 14.8 Å². The van der Waals surface area contributed by atoms with Crippen molar-refractivity contribution >= 4 is 43.6 Å². The topological polar surface area (TPSA) is 49.0 Å². The minimum Gasteiger partial charge on any atom is -0.294 e. The molecule has 1 aromatic carbocycles. The molecule has 0 aliphatic carbocycles. The summed E-state index contributed by atoms with van der Waals surface area (Å²) >= 11 is 6.94. The number of aromatic nitrogens is 2. The molecule has 0 spiro atoms. The second-order valence-corrected chi connectivity index (χ2v) is 7.07.